The molecule has 0 saturated heterocycles. The molecule has 21 heavy (non-hydrogen) atoms. The molecular formula is C20H26O. The smallest absolute Gasteiger partial charge is 0.0717 e. The number of hydrogen-bond acceptors (Lipinski definition) is 1. The van der Waals surface area contributed by atoms with Gasteiger partial charge in [-0.1, -0.05) is 74.9 Å². The number of rotatable bonds is 5. The third kappa shape index (κ3) is 5.02. The summed E-state index contributed by atoms with van der Waals surface area (Å²) in [6.45, 7) is 10.3. The van der Waals surface area contributed by atoms with Crippen LogP contribution in [0.5, 0.6) is 0 Å². The molecule has 112 valence electrons. The van der Waals surface area contributed by atoms with E-state index in [9.17, 15) is 0 Å². The predicted octanol–water partition coefficient (Wildman–Crippen LogP) is 5.05. The number of hydrogen-bond donors (Lipinski definition) is 0. The average Bonchev–Trinajstić information content (AvgIpc) is 2.45. The lowest BCUT2D eigenvalue weighted by Crippen LogP contribution is -2.10. The first-order valence-electron chi connectivity index (χ1n) is 7.68. The van der Waals surface area contributed by atoms with Crippen molar-refractivity contribution in [1.29, 1.82) is 0 Å². The summed E-state index contributed by atoms with van der Waals surface area (Å²) in [6, 6.07) is 17.4. The lowest BCUT2D eigenvalue weighted by atomic mass is 9.87. The molecule has 0 N–H and O–H groups in total. The topological polar surface area (TPSA) is 9.23 Å². The molecular weight excluding hydrogens is 256 g/mol. The van der Waals surface area contributed by atoms with Crippen molar-refractivity contribution in [3.63, 3.8) is 0 Å². The zero-order chi connectivity index (χ0) is 15.3. The third-order valence-corrected chi connectivity index (χ3v) is 3.74. The molecule has 0 bridgehead atoms. The fraction of sp³-hybridized carbons (Fsp3) is 0.400. The largest absolute Gasteiger partial charge is 0.376 e. The van der Waals surface area contributed by atoms with E-state index in [1.807, 2.05) is 0 Å². The van der Waals surface area contributed by atoms with Crippen LogP contribution in [0.4, 0.5) is 0 Å². The summed E-state index contributed by atoms with van der Waals surface area (Å²) in [5, 5.41) is 0. The van der Waals surface area contributed by atoms with Crippen molar-refractivity contribution in [2.45, 2.75) is 46.1 Å². The molecule has 2 aromatic rings. The minimum absolute atomic E-state index is 0.213. The van der Waals surface area contributed by atoms with Crippen molar-refractivity contribution in [2.24, 2.45) is 0 Å². The van der Waals surface area contributed by atoms with Crippen LogP contribution in [0.25, 0.3) is 0 Å². The van der Waals surface area contributed by atoms with Crippen LogP contribution in [0.1, 0.15) is 43.0 Å². The SMILES string of the molecule is Cc1ccc(CCOCc2ccc(C(C)(C)C)cc2)cc1. The second kappa shape index (κ2) is 6.91. The highest BCUT2D eigenvalue weighted by molar-refractivity contribution is 5.27. The Hall–Kier alpha value is -1.60. The molecule has 0 aliphatic rings. The van der Waals surface area contributed by atoms with Crippen LogP contribution in [0.3, 0.4) is 0 Å². The lowest BCUT2D eigenvalue weighted by Gasteiger charge is -2.19. The van der Waals surface area contributed by atoms with Gasteiger partial charge >= 0.3 is 0 Å². The van der Waals surface area contributed by atoms with E-state index < -0.39 is 0 Å². The molecule has 2 rings (SSSR count). The monoisotopic (exact) mass is 282 g/mol. The van der Waals surface area contributed by atoms with Crippen LogP contribution in [0, 0.1) is 6.92 Å². The number of ether oxygens (including phenoxy) is 1. The Bertz CT molecular complexity index is 544. The molecule has 1 nitrogen and oxygen atoms in total. The summed E-state index contributed by atoms with van der Waals surface area (Å²) in [4.78, 5) is 0. The molecule has 0 unspecified atom stereocenters. The first kappa shape index (κ1) is 15.8. The number of aryl methyl sites for hydroxylation is 1. The quantitative estimate of drug-likeness (QED) is 0.697. The van der Waals surface area contributed by atoms with E-state index in [1.54, 1.807) is 0 Å². The average molecular weight is 282 g/mol. The first-order chi connectivity index (χ1) is 9.95. The van der Waals surface area contributed by atoms with Gasteiger partial charge in [0.1, 0.15) is 0 Å². The van der Waals surface area contributed by atoms with Gasteiger partial charge in [-0.2, -0.15) is 0 Å². The molecule has 0 spiro atoms. The molecule has 2 aromatic carbocycles. The lowest BCUT2D eigenvalue weighted by molar-refractivity contribution is 0.124. The summed E-state index contributed by atoms with van der Waals surface area (Å²) in [6.07, 6.45) is 0.973. The van der Waals surface area contributed by atoms with Gasteiger partial charge in [0.25, 0.3) is 0 Å². The minimum Gasteiger partial charge on any atom is -0.376 e. The minimum atomic E-state index is 0.213. The molecule has 0 aliphatic heterocycles. The van der Waals surface area contributed by atoms with E-state index >= 15 is 0 Å². The van der Waals surface area contributed by atoms with E-state index in [-0.39, 0.29) is 5.41 Å². The highest BCUT2D eigenvalue weighted by Crippen LogP contribution is 2.22. The maximum absolute atomic E-state index is 5.78. The van der Waals surface area contributed by atoms with E-state index in [0.717, 1.165) is 13.0 Å². The van der Waals surface area contributed by atoms with Crippen LogP contribution in [0.15, 0.2) is 48.5 Å². The van der Waals surface area contributed by atoms with Crippen LogP contribution in [-0.4, -0.2) is 6.61 Å². The molecule has 0 radical (unpaired) electrons. The van der Waals surface area contributed by atoms with E-state index in [0.29, 0.717) is 6.61 Å². The van der Waals surface area contributed by atoms with Crippen LogP contribution >= 0.6 is 0 Å². The normalized spacial score (nSPS) is 11.6. The van der Waals surface area contributed by atoms with Crippen molar-refractivity contribution in [3.8, 4) is 0 Å². The fourth-order valence-electron chi connectivity index (χ4n) is 2.24. The molecule has 0 saturated carbocycles. The Morgan fingerprint density at radius 1 is 0.810 bits per heavy atom. The summed E-state index contributed by atoms with van der Waals surface area (Å²) in [5.74, 6) is 0. The van der Waals surface area contributed by atoms with Gasteiger partial charge in [-0.3, -0.25) is 0 Å². The Balaban J connectivity index is 1.77. The highest BCUT2D eigenvalue weighted by Gasteiger charge is 2.12. The Kier molecular flexibility index (Phi) is 5.19. The van der Waals surface area contributed by atoms with Gasteiger partial charge in [-0.05, 0) is 35.4 Å². The zero-order valence-corrected chi connectivity index (χ0v) is 13.6. The molecule has 1 heteroatoms. The van der Waals surface area contributed by atoms with Crippen molar-refractivity contribution in [1.82, 2.24) is 0 Å². The van der Waals surface area contributed by atoms with Gasteiger partial charge in [0.05, 0.1) is 13.2 Å². The van der Waals surface area contributed by atoms with Gasteiger partial charge in [0, 0.05) is 0 Å². The molecule has 0 fully saturated rings. The molecule has 0 atom stereocenters. The molecule has 0 amide bonds. The van der Waals surface area contributed by atoms with Crippen molar-refractivity contribution in [3.05, 3.63) is 70.8 Å². The first-order valence-corrected chi connectivity index (χ1v) is 7.68. The second-order valence-corrected chi connectivity index (χ2v) is 6.74. The third-order valence-electron chi connectivity index (χ3n) is 3.74. The maximum Gasteiger partial charge on any atom is 0.0717 e. The Morgan fingerprint density at radius 2 is 1.38 bits per heavy atom. The van der Waals surface area contributed by atoms with E-state index in [1.165, 1.54) is 22.3 Å². The van der Waals surface area contributed by atoms with Gasteiger partial charge in [-0.25, -0.2) is 0 Å². The zero-order valence-electron chi connectivity index (χ0n) is 13.6. The van der Waals surface area contributed by atoms with Crippen LogP contribution < -0.4 is 0 Å². The van der Waals surface area contributed by atoms with Crippen LogP contribution in [-0.2, 0) is 23.2 Å². The Labute approximate surface area is 129 Å². The summed E-state index contributed by atoms with van der Waals surface area (Å²) in [7, 11) is 0. The molecule has 0 heterocycles. The van der Waals surface area contributed by atoms with Crippen LogP contribution in [0.2, 0.25) is 0 Å². The standard InChI is InChI=1S/C20H26O/c1-16-5-7-17(8-6-16)13-14-21-15-18-9-11-19(12-10-18)20(2,3)4/h5-12H,13-15H2,1-4H3. The van der Waals surface area contributed by atoms with E-state index in [2.05, 4.69) is 76.2 Å². The van der Waals surface area contributed by atoms with Gasteiger partial charge in [0.15, 0.2) is 0 Å². The molecule has 0 aromatic heterocycles. The van der Waals surface area contributed by atoms with Crippen molar-refractivity contribution < 1.29 is 4.74 Å². The number of benzene rings is 2. The van der Waals surface area contributed by atoms with Gasteiger partial charge in [0.2, 0.25) is 0 Å². The fourth-order valence-corrected chi connectivity index (χ4v) is 2.24. The summed E-state index contributed by atoms with van der Waals surface area (Å²) in [5.41, 5.74) is 5.46. The summed E-state index contributed by atoms with van der Waals surface area (Å²) < 4.78 is 5.78. The predicted molar refractivity (Wildman–Crippen MR) is 89.7 cm³/mol. The van der Waals surface area contributed by atoms with Gasteiger partial charge < -0.3 is 4.74 Å². The van der Waals surface area contributed by atoms with Crippen molar-refractivity contribution in [2.75, 3.05) is 6.61 Å². The second-order valence-electron chi connectivity index (χ2n) is 6.74. The van der Waals surface area contributed by atoms with E-state index in [4.69, 9.17) is 4.74 Å². The van der Waals surface area contributed by atoms with Crippen molar-refractivity contribution >= 4 is 0 Å². The highest BCUT2D eigenvalue weighted by atomic mass is 16.5. The molecule has 0 aliphatic carbocycles. The summed E-state index contributed by atoms with van der Waals surface area (Å²) >= 11 is 0. The Morgan fingerprint density at radius 3 is 1.95 bits per heavy atom. The van der Waals surface area contributed by atoms with Gasteiger partial charge in [-0.15, -0.1) is 0 Å². The maximum atomic E-state index is 5.78.